The maximum Gasteiger partial charge on any atom is 0.317 e. The van der Waals surface area contributed by atoms with Crippen LogP contribution < -0.4 is 5.32 Å². The topological polar surface area (TPSA) is 69.6 Å². The van der Waals surface area contributed by atoms with Gasteiger partial charge in [0.1, 0.15) is 0 Å². The molecule has 1 saturated carbocycles. The van der Waals surface area contributed by atoms with E-state index in [0.29, 0.717) is 24.7 Å². The summed E-state index contributed by atoms with van der Waals surface area (Å²) in [4.78, 5) is 25.2. The molecule has 0 aromatic carbocycles. The second kappa shape index (κ2) is 5.39. The fourth-order valence-electron chi connectivity index (χ4n) is 3.26. The standard InChI is InChI=1S/C14H24N2O3/c1-10-6-11(2)8-16(7-10)13(19)15-9-14(12(17)18)4-3-5-14/h10-11H,3-9H2,1-2H3,(H,15,19)(H,17,18). The first-order valence-electron chi connectivity index (χ1n) is 7.19. The number of aliphatic carboxylic acids is 1. The third kappa shape index (κ3) is 3.01. The number of carboxylic acid groups (broad SMARTS) is 1. The summed E-state index contributed by atoms with van der Waals surface area (Å²) in [6.07, 6.45) is 3.45. The highest BCUT2D eigenvalue weighted by Crippen LogP contribution is 2.40. The Morgan fingerprint density at radius 2 is 1.84 bits per heavy atom. The predicted molar refractivity (Wildman–Crippen MR) is 71.8 cm³/mol. The molecule has 108 valence electrons. The first-order chi connectivity index (χ1) is 8.93. The van der Waals surface area contributed by atoms with E-state index in [4.69, 9.17) is 0 Å². The third-order valence-corrected chi connectivity index (χ3v) is 4.50. The van der Waals surface area contributed by atoms with Gasteiger partial charge in [-0.3, -0.25) is 4.79 Å². The van der Waals surface area contributed by atoms with Gasteiger partial charge in [-0.05, 0) is 31.1 Å². The number of urea groups is 1. The zero-order valence-corrected chi connectivity index (χ0v) is 11.8. The lowest BCUT2D eigenvalue weighted by Crippen LogP contribution is -2.53. The lowest BCUT2D eigenvalue weighted by molar-refractivity contribution is -0.153. The zero-order chi connectivity index (χ0) is 14.0. The Morgan fingerprint density at radius 1 is 1.26 bits per heavy atom. The maximum atomic E-state index is 12.1. The monoisotopic (exact) mass is 268 g/mol. The van der Waals surface area contributed by atoms with E-state index in [0.717, 1.165) is 25.9 Å². The van der Waals surface area contributed by atoms with Crippen LogP contribution in [0.3, 0.4) is 0 Å². The van der Waals surface area contributed by atoms with Crippen molar-refractivity contribution in [2.24, 2.45) is 17.3 Å². The molecule has 2 aliphatic rings. The van der Waals surface area contributed by atoms with E-state index >= 15 is 0 Å². The summed E-state index contributed by atoms with van der Waals surface area (Å²) in [6.45, 7) is 6.12. The molecule has 0 bridgehead atoms. The lowest BCUT2D eigenvalue weighted by atomic mass is 9.69. The van der Waals surface area contributed by atoms with Crippen molar-refractivity contribution in [1.29, 1.82) is 0 Å². The molecule has 2 amide bonds. The number of amides is 2. The van der Waals surface area contributed by atoms with Crippen LogP contribution in [0.15, 0.2) is 0 Å². The van der Waals surface area contributed by atoms with E-state index in [1.54, 1.807) is 0 Å². The molecule has 0 aromatic rings. The first-order valence-corrected chi connectivity index (χ1v) is 7.19. The number of nitrogens with zero attached hydrogens (tertiary/aromatic N) is 1. The Labute approximate surface area is 114 Å². The van der Waals surface area contributed by atoms with Gasteiger partial charge in [-0.15, -0.1) is 0 Å². The highest BCUT2D eigenvalue weighted by atomic mass is 16.4. The number of likely N-dealkylation sites (tertiary alicyclic amines) is 1. The molecule has 2 unspecified atom stereocenters. The second-order valence-electron chi connectivity index (χ2n) is 6.45. The van der Waals surface area contributed by atoms with Gasteiger partial charge in [0.25, 0.3) is 0 Å². The number of hydrogen-bond acceptors (Lipinski definition) is 2. The van der Waals surface area contributed by atoms with Crippen LogP contribution in [0.2, 0.25) is 0 Å². The Balaban J connectivity index is 1.85. The van der Waals surface area contributed by atoms with E-state index in [1.807, 2.05) is 4.90 Å². The molecule has 1 aliphatic heterocycles. The number of rotatable bonds is 3. The Hall–Kier alpha value is -1.26. The Bertz CT molecular complexity index is 356. The van der Waals surface area contributed by atoms with Gasteiger partial charge in [-0.1, -0.05) is 20.3 Å². The minimum atomic E-state index is -0.778. The molecule has 19 heavy (non-hydrogen) atoms. The molecule has 5 nitrogen and oxygen atoms in total. The van der Waals surface area contributed by atoms with E-state index in [2.05, 4.69) is 19.2 Å². The molecule has 1 aliphatic carbocycles. The first kappa shape index (κ1) is 14.2. The second-order valence-corrected chi connectivity index (χ2v) is 6.45. The summed E-state index contributed by atoms with van der Waals surface area (Å²) in [5, 5.41) is 12.0. The summed E-state index contributed by atoms with van der Waals surface area (Å²) in [6, 6.07) is -0.106. The van der Waals surface area contributed by atoms with Crippen molar-refractivity contribution in [1.82, 2.24) is 10.2 Å². The van der Waals surface area contributed by atoms with E-state index in [9.17, 15) is 14.7 Å². The quantitative estimate of drug-likeness (QED) is 0.821. The molecule has 0 radical (unpaired) electrons. The van der Waals surface area contributed by atoms with Crippen molar-refractivity contribution in [3.63, 3.8) is 0 Å². The summed E-state index contributed by atoms with van der Waals surface area (Å²) < 4.78 is 0. The van der Waals surface area contributed by atoms with Gasteiger partial charge in [0.2, 0.25) is 0 Å². The van der Waals surface area contributed by atoms with Crippen molar-refractivity contribution in [3.8, 4) is 0 Å². The normalized spacial score (nSPS) is 29.5. The van der Waals surface area contributed by atoms with Crippen LogP contribution in [-0.4, -0.2) is 41.6 Å². The third-order valence-electron chi connectivity index (χ3n) is 4.50. The average molecular weight is 268 g/mol. The molecular weight excluding hydrogens is 244 g/mol. The molecule has 1 saturated heterocycles. The van der Waals surface area contributed by atoms with E-state index in [1.165, 1.54) is 0 Å². The largest absolute Gasteiger partial charge is 0.481 e. The summed E-state index contributed by atoms with van der Waals surface area (Å²) in [5.41, 5.74) is -0.706. The van der Waals surface area contributed by atoms with Gasteiger partial charge in [-0.25, -0.2) is 4.79 Å². The Morgan fingerprint density at radius 3 is 2.26 bits per heavy atom. The van der Waals surface area contributed by atoms with Crippen LogP contribution in [0.4, 0.5) is 4.79 Å². The number of carbonyl (C=O) groups excluding carboxylic acids is 1. The summed E-state index contributed by atoms with van der Waals surface area (Å²) in [5.74, 6) is 0.262. The highest BCUT2D eigenvalue weighted by molar-refractivity contribution is 5.79. The van der Waals surface area contributed by atoms with Gasteiger partial charge < -0.3 is 15.3 Å². The maximum absolute atomic E-state index is 12.1. The number of piperidine rings is 1. The van der Waals surface area contributed by atoms with Crippen molar-refractivity contribution in [2.75, 3.05) is 19.6 Å². The molecule has 5 heteroatoms. The molecule has 0 aromatic heterocycles. The smallest absolute Gasteiger partial charge is 0.317 e. The van der Waals surface area contributed by atoms with Crippen LogP contribution >= 0.6 is 0 Å². The summed E-state index contributed by atoms with van der Waals surface area (Å²) in [7, 11) is 0. The average Bonchev–Trinajstić information content (AvgIpc) is 2.25. The molecule has 2 atom stereocenters. The highest BCUT2D eigenvalue weighted by Gasteiger charge is 2.44. The molecular formula is C14H24N2O3. The van der Waals surface area contributed by atoms with Gasteiger partial charge in [-0.2, -0.15) is 0 Å². The predicted octanol–water partition coefficient (Wildman–Crippen LogP) is 1.93. The zero-order valence-electron chi connectivity index (χ0n) is 11.8. The van der Waals surface area contributed by atoms with E-state index < -0.39 is 11.4 Å². The van der Waals surface area contributed by atoms with Crippen LogP contribution in [0, 0.1) is 17.3 Å². The fraction of sp³-hybridized carbons (Fsp3) is 0.857. The number of carbonyl (C=O) groups is 2. The molecule has 2 fully saturated rings. The number of nitrogens with one attached hydrogen (secondary N) is 1. The van der Waals surface area contributed by atoms with Gasteiger partial charge >= 0.3 is 12.0 Å². The van der Waals surface area contributed by atoms with Crippen molar-refractivity contribution >= 4 is 12.0 Å². The fourth-order valence-corrected chi connectivity index (χ4v) is 3.26. The van der Waals surface area contributed by atoms with Gasteiger partial charge in [0, 0.05) is 19.6 Å². The molecule has 1 heterocycles. The van der Waals surface area contributed by atoms with Crippen LogP contribution in [-0.2, 0) is 4.79 Å². The van der Waals surface area contributed by atoms with E-state index in [-0.39, 0.29) is 12.6 Å². The van der Waals surface area contributed by atoms with Crippen LogP contribution in [0.5, 0.6) is 0 Å². The number of hydrogen-bond donors (Lipinski definition) is 2. The molecule has 2 N–H and O–H groups in total. The minimum absolute atomic E-state index is 0.106. The van der Waals surface area contributed by atoms with Crippen LogP contribution in [0.1, 0.15) is 39.5 Å². The van der Waals surface area contributed by atoms with Crippen molar-refractivity contribution in [3.05, 3.63) is 0 Å². The molecule has 0 spiro atoms. The SMILES string of the molecule is CC1CC(C)CN(C(=O)NCC2(C(=O)O)CCC2)C1. The van der Waals surface area contributed by atoms with Crippen molar-refractivity contribution in [2.45, 2.75) is 39.5 Å². The molecule has 2 rings (SSSR count). The number of carboxylic acids is 1. The van der Waals surface area contributed by atoms with Crippen LogP contribution in [0.25, 0.3) is 0 Å². The van der Waals surface area contributed by atoms with Crippen molar-refractivity contribution < 1.29 is 14.7 Å². The van der Waals surface area contributed by atoms with Gasteiger partial charge in [0.05, 0.1) is 5.41 Å². The Kier molecular flexibility index (Phi) is 4.02. The summed E-state index contributed by atoms with van der Waals surface area (Å²) >= 11 is 0. The van der Waals surface area contributed by atoms with Gasteiger partial charge in [0.15, 0.2) is 0 Å². The minimum Gasteiger partial charge on any atom is -0.481 e. The lowest BCUT2D eigenvalue weighted by Gasteiger charge is -2.39.